The summed E-state index contributed by atoms with van der Waals surface area (Å²) in [6.07, 6.45) is 8.36. The average Bonchev–Trinajstić information content (AvgIpc) is 3.19. The fraction of sp³-hybridized carbons (Fsp3) is 0.316. The first-order valence-electron chi connectivity index (χ1n) is 8.36. The Morgan fingerprint density at radius 1 is 1.40 bits per heavy atom. The van der Waals surface area contributed by atoms with Crippen molar-refractivity contribution in [1.29, 1.82) is 5.26 Å². The van der Waals surface area contributed by atoms with Crippen LogP contribution in [0.1, 0.15) is 24.2 Å². The van der Waals surface area contributed by atoms with Gasteiger partial charge in [0.1, 0.15) is 17.6 Å². The van der Waals surface area contributed by atoms with Crippen LogP contribution in [0.3, 0.4) is 0 Å². The number of carbonyl (C=O) groups excluding carboxylic acids is 1. The van der Waals surface area contributed by atoms with Gasteiger partial charge < -0.3 is 14.6 Å². The Labute approximate surface area is 146 Å². The molecule has 1 saturated heterocycles. The number of nitrogens with one attached hydrogen (secondary N) is 1. The van der Waals surface area contributed by atoms with E-state index in [4.69, 9.17) is 4.42 Å². The number of hydrogen-bond donors (Lipinski definition) is 1. The predicted molar refractivity (Wildman–Crippen MR) is 94.6 cm³/mol. The van der Waals surface area contributed by atoms with Crippen molar-refractivity contribution in [2.24, 2.45) is 5.92 Å². The van der Waals surface area contributed by atoms with Crippen LogP contribution in [0.15, 0.2) is 47.2 Å². The van der Waals surface area contributed by atoms with E-state index < -0.39 is 0 Å². The molecule has 1 fully saturated rings. The Bertz CT molecular complexity index is 769. The van der Waals surface area contributed by atoms with Crippen LogP contribution < -0.4 is 10.2 Å². The summed E-state index contributed by atoms with van der Waals surface area (Å²) in [5, 5.41) is 12.1. The number of aromatic nitrogens is 1. The Morgan fingerprint density at radius 3 is 2.96 bits per heavy atom. The fourth-order valence-corrected chi connectivity index (χ4v) is 2.93. The van der Waals surface area contributed by atoms with Gasteiger partial charge in [-0.15, -0.1) is 0 Å². The van der Waals surface area contributed by atoms with E-state index >= 15 is 0 Å². The lowest BCUT2D eigenvalue weighted by atomic mass is 9.96. The van der Waals surface area contributed by atoms with Crippen molar-refractivity contribution in [3.63, 3.8) is 0 Å². The van der Waals surface area contributed by atoms with Gasteiger partial charge in [0.25, 0.3) is 0 Å². The summed E-state index contributed by atoms with van der Waals surface area (Å²) in [6, 6.07) is 9.34. The second kappa shape index (κ2) is 8.15. The summed E-state index contributed by atoms with van der Waals surface area (Å²) in [7, 11) is 0. The number of hydrogen-bond acceptors (Lipinski definition) is 5. The van der Waals surface area contributed by atoms with Gasteiger partial charge in [0.15, 0.2) is 0 Å². The highest BCUT2D eigenvalue weighted by atomic mass is 16.3. The third-order valence-corrected chi connectivity index (χ3v) is 4.33. The molecule has 6 nitrogen and oxygen atoms in total. The topological polar surface area (TPSA) is 82.2 Å². The van der Waals surface area contributed by atoms with E-state index in [-0.39, 0.29) is 5.91 Å². The number of pyridine rings is 1. The minimum absolute atomic E-state index is 0.115. The molecule has 2 aromatic rings. The lowest BCUT2D eigenvalue weighted by Gasteiger charge is -2.33. The standard InChI is InChI=1S/C19H20N4O2/c20-13-16-3-1-9-21-19(16)23-10-7-15(8-11-23)14-22-18(24)6-5-17-4-2-12-25-17/h1-6,9,12,15H,7-8,10-11,14H2,(H,22,24)/b6-5+. The van der Waals surface area contributed by atoms with Crippen molar-refractivity contribution in [2.75, 3.05) is 24.5 Å². The van der Waals surface area contributed by atoms with E-state index in [2.05, 4.69) is 21.3 Å². The van der Waals surface area contributed by atoms with Crippen LogP contribution in [-0.2, 0) is 4.79 Å². The van der Waals surface area contributed by atoms with E-state index in [0.29, 0.717) is 23.8 Å². The number of carbonyl (C=O) groups is 1. The van der Waals surface area contributed by atoms with E-state index in [9.17, 15) is 10.1 Å². The molecular weight excluding hydrogens is 316 g/mol. The van der Waals surface area contributed by atoms with Gasteiger partial charge in [0.05, 0.1) is 11.8 Å². The summed E-state index contributed by atoms with van der Waals surface area (Å²) in [6.45, 7) is 2.34. The van der Waals surface area contributed by atoms with Crippen LogP contribution in [-0.4, -0.2) is 30.5 Å². The molecule has 0 atom stereocenters. The number of nitriles is 1. The lowest BCUT2D eigenvalue weighted by molar-refractivity contribution is -0.116. The lowest BCUT2D eigenvalue weighted by Crippen LogP contribution is -2.39. The Balaban J connectivity index is 1.45. The Hall–Kier alpha value is -3.07. The van der Waals surface area contributed by atoms with Crippen LogP contribution >= 0.6 is 0 Å². The van der Waals surface area contributed by atoms with Crippen LogP contribution in [0.5, 0.6) is 0 Å². The maximum atomic E-state index is 11.9. The largest absolute Gasteiger partial charge is 0.465 e. The molecule has 0 saturated carbocycles. The number of furan rings is 1. The third kappa shape index (κ3) is 4.48. The monoisotopic (exact) mass is 336 g/mol. The summed E-state index contributed by atoms with van der Waals surface area (Å²) < 4.78 is 5.15. The molecule has 0 aliphatic carbocycles. The molecule has 1 amide bonds. The second-order valence-electron chi connectivity index (χ2n) is 6.01. The molecule has 0 radical (unpaired) electrons. The first-order chi connectivity index (χ1) is 12.3. The minimum Gasteiger partial charge on any atom is -0.465 e. The molecule has 25 heavy (non-hydrogen) atoms. The van der Waals surface area contributed by atoms with Gasteiger partial charge in [-0.2, -0.15) is 5.26 Å². The molecule has 3 heterocycles. The highest BCUT2D eigenvalue weighted by Crippen LogP contribution is 2.23. The molecule has 0 bridgehead atoms. The Morgan fingerprint density at radius 2 is 2.24 bits per heavy atom. The zero-order valence-corrected chi connectivity index (χ0v) is 13.9. The Kier molecular flexibility index (Phi) is 5.47. The number of nitrogens with zero attached hydrogens (tertiary/aromatic N) is 3. The van der Waals surface area contributed by atoms with Crippen molar-refractivity contribution in [3.05, 3.63) is 54.1 Å². The van der Waals surface area contributed by atoms with Crippen molar-refractivity contribution in [1.82, 2.24) is 10.3 Å². The summed E-state index contributed by atoms with van der Waals surface area (Å²) in [5.74, 6) is 1.74. The summed E-state index contributed by atoms with van der Waals surface area (Å²) >= 11 is 0. The fourth-order valence-electron chi connectivity index (χ4n) is 2.93. The highest BCUT2D eigenvalue weighted by molar-refractivity contribution is 5.91. The van der Waals surface area contributed by atoms with Crippen LogP contribution in [0.2, 0.25) is 0 Å². The third-order valence-electron chi connectivity index (χ3n) is 4.33. The van der Waals surface area contributed by atoms with Gasteiger partial charge in [0, 0.05) is 31.9 Å². The van der Waals surface area contributed by atoms with Crippen molar-refractivity contribution < 1.29 is 9.21 Å². The van der Waals surface area contributed by atoms with E-state index in [0.717, 1.165) is 31.7 Å². The van der Waals surface area contributed by atoms with Gasteiger partial charge in [-0.1, -0.05) is 0 Å². The number of anilines is 1. The van der Waals surface area contributed by atoms with Crippen molar-refractivity contribution >= 4 is 17.8 Å². The van der Waals surface area contributed by atoms with Crippen LogP contribution in [0.25, 0.3) is 6.08 Å². The predicted octanol–water partition coefficient (Wildman–Crippen LogP) is 2.59. The zero-order chi connectivity index (χ0) is 17.5. The normalized spacial score (nSPS) is 15.2. The van der Waals surface area contributed by atoms with Gasteiger partial charge in [-0.05, 0) is 49.1 Å². The van der Waals surface area contributed by atoms with E-state index in [1.165, 1.54) is 6.08 Å². The zero-order valence-electron chi connectivity index (χ0n) is 13.9. The SMILES string of the molecule is N#Cc1cccnc1N1CCC(CNC(=O)/C=C/c2ccco2)CC1. The van der Waals surface area contributed by atoms with Crippen molar-refractivity contribution in [3.8, 4) is 6.07 Å². The van der Waals surface area contributed by atoms with Crippen LogP contribution in [0.4, 0.5) is 5.82 Å². The number of piperidine rings is 1. The molecule has 0 spiro atoms. The van der Waals surface area contributed by atoms with Crippen LogP contribution in [0, 0.1) is 17.2 Å². The highest BCUT2D eigenvalue weighted by Gasteiger charge is 2.22. The number of rotatable bonds is 5. The molecule has 6 heteroatoms. The first-order valence-corrected chi connectivity index (χ1v) is 8.36. The molecule has 1 N–H and O–H groups in total. The van der Waals surface area contributed by atoms with Crippen molar-refractivity contribution in [2.45, 2.75) is 12.8 Å². The minimum atomic E-state index is -0.115. The van der Waals surface area contributed by atoms with Gasteiger partial charge in [-0.25, -0.2) is 4.98 Å². The van der Waals surface area contributed by atoms with Gasteiger partial charge in [-0.3, -0.25) is 4.79 Å². The second-order valence-corrected chi connectivity index (χ2v) is 6.01. The first kappa shape index (κ1) is 16.8. The maximum absolute atomic E-state index is 11.9. The summed E-state index contributed by atoms with van der Waals surface area (Å²) in [5.41, 5.74) is 0.609. The average molecular weight is 336 g/mol. The molecule has 0 aromatic carbocycles. The van der Waals surface area contributed by atoms with Gasteiger partial charge in [0.2, 0.25) is 5.91 Å². The van der Waals surface area contributed by atoms with E-state index in [1.807, 2.05) is 0 Å². The molecule has 128 valence electrons. The molecule has 3 rings (SSSR count). The molecular formula is C19H20N4O2. The quantitative estimate of drug-likeness (QED) is 0.849. The molecule has 0 unspecified atom stereocenters. The maximum Gasteiger partial charge on any atom is 0.244 e. The summed E-state index contributed by atoms with van der Waals surface area (Å²) in [4.78, 5) is 18.3. The van der Waals surface area contributed by atoms with E-state index in [1.54, 1.807) is 42.8 Å². The smallest absolute Gasteiger partial charge is 0.244 e. The molecule has 1 aliphatic heterocycles. The van der Waals surface area contributed by atoms with Gasteiger partial charge >= 0.3 is 0 Å². The number of amides is 1. The molecule has 1 aliphatic rings. The molecule has 2 aromatic heterocycles.